The summed E-state index contributed by atoms with van der Waals surface area (Å²) in [5.74, 6) is 0.733. The predicted octanol–water partition coefficient (Wildman–Crippen LogP) is 0.557. The van der Waals surface area contributed by atoms with Gasteiger partial charge in [-0.1, -0.05) is 0 Å². The van der Waals surface area contributed by atoms with Gasteiger partial charge in [-0.2, -0.15) is 5.10 Å². The number of H-pyrrole nitrogens is 1. The first kappa shape index (κ1) is 5.70. The summed E-state index contributed by atoms with van der Waals surface area (Å²) in [6.07, 6.45) is 5.18. The maximum atomic E-state index is 4.15. The van der Waals surface area contributed by atoms with E-state index in [0.717, 1.165) is 17.0 Å². The Labute approximate surface area is 67.4 Å². The van der Waals surface area contributed by atoms with Crippen molar-refractivity contribution in [2.24, 2.45) is 0 Å². The Morgan fingerprint density at radius 2 is 2.25 bits per heavy atom. The number of aromatic amines is 1. The van der Waals surface area contributed by atoms with Gasteiger partial charge in [0, 0.05) is 6.20 Å². The largest absolute Gasteiger partial charge is 0.235 e. The molecule has 0 bridgehead atoms. The van der Waals surface area contributed by atoms with Gasteiger partial charge >= 0.3 is 0 Å². The lowest BCUT2D eigenvalue weighted by Crippen LogP contribution is -1.95. The monoisotopic (exact) mass is 159 g/mol. The SMILES string of the molecule is c1cc2n3[nH]ncc3cnc-2n1. The van der Waals surface area contributed by atoms with Crippen molar-refractivity contribution >= 4 is 5.52 Å². The minimum absolute atomic E-state index is 0.733. The summed E-state index contributed by atoms with van der Waals surface area (Å²) in [5.41, 5.74) is 1.89. The van der Waals surface area contributed by atoms with Crippen molar-refractivity contribution < 1.29 is 0 Å². The summed E-state index contributed by atoms with van der Waals surface area (Å²) in [4.78, 5) is 8.22. The highest BCUT2D eigenvalue weighted by molar-refractivity contribution is 5.58. The topological polar surface area (TPSA) is 58.9 Å². The molecular formula is C7H5N5. The average Bonchev–Trinajstić information content (AvgIpc) is 2.71. The quantitative estimate of drug-likeness (QED) is 0.521. The average molecular weight is 159 g/mol. The molecule has 5 heteroatoms. The fourth-order valence-electron chi connectivity index (χ4n) is 1.27. The fraction of sp³-hybridized carbons (Fsp3) is 0. The molecule has 0 fully saturated rings. The third kappa shape index (κ3) is 0.554. The van der Waals surface area contributed by atoms with Crippen LogP contribution in [0, 0.1) is 0 Å². The molecule has 1 aromatic heterocycles. The Hall–Kier alpha value is -1.91. The van der Waals surface area contributed by atoms with Crippen molar-refractivity contribution in [1.29, 1.82) is 0 Å². The highest BCUT2D eigenvalue weighted by atomic mass is 15.4. The van der Waals surface area contributed by atoms with E-state index < -0.39 is 0 Å². The summed E-state index contributed by atoms with van der Waals surface area (Å²) >= 11 is 0. The lowest BCUT2D eigenvalue weighted by Gasteiger charge is -1.98. The minimum atomic E-state index is 0.733. The van der Waals surface area contributed by atoms with Crippen molar-refractivity contribution in [2.75, 3.05) is 0 Å². The Morgan fingerprint density at radius 1 is 1.25 bits per heavy atom. The van der Waals surface area contributed by atoms with Crippen molar-refractivity contribution in [3.8, 4) is 11.5 Å². The van der Waals surface area contributed by atoms with E-state index in [1.807, 2.05) is 10.6 Å². The maximum Gasteiger partial charge on any atom is 0.178 e. The maximum absolute atomic E-state index is 4.15. The van der Waals surface area contributed by atoms with Gasteiger partial charge in [0.1, 0.15) is 11.2 Å². The highest BCUT2D eigenvalue weighted by Crippen LogP contribution is 2.16. The van der Waals surface area contributed by atoms with Crippen molar-refractivity contribution in [3.05, 3.63) is 24.7 Å². The predicted molar refractivity (Wildman–Crippen MR) is 41.8 cm³/mol. The Bertz CT molecular complexity index is 493. The fourth-order valence-corrected chi connectivity index (χ4v) is 1.27. The zero-order chi connectivity index (χ0) is 7.97. The first-order valence-corrected chi connectivity index (χ1v) is 3.57. The van der Waals surface area contributed by atoms with Gasteiger partial charge < -0.3 is 0 Å². The van der Waals surface area contributed by atoms with Crippen LogP contribution in [0.2, 0.25) is 0 Å². The van der Waals surface area contributed by atoms with Gasteiger partial charge in [-0.25, -0.2) is 19.7 Å². The lowest BCUT2D eigenvalue weighted by atomic mass is 10.4. The normalized spacial score (nSPS) is 11.3. The van der Waals surface area contributed by atoms with E-state index in [1.54, 1.807) is 18.6 Å². The molecule has 0 amide bonds. The molecule has 0 saturated carbocycles. The molecule has 0 saturated heterocycles. The first-order valence-electron chi connectivity index (χ1n) is 3.57. The summed E-state index contributed by atoms with van der Waals surface area (Å²) in [7, 11) is 0. The van der Waals surface area contributed by atoms with Crippen LogP contribution in [-0.2, 0) is 0 Å². The van der Waals surface area contributed by atoms with E-state index >= 15 is 0 Å². The van der Waals surface area contributed by atoms with Crippen LogP contribution in [0.5, 0.6) is 0 Å². The van der Waals surface area contributed by atoms with Crippen LogP contribution in [0.4, 0.5) is 0 Å². The van der Waals surface area contributed by atoms with Gasteiger partial charge in [-0.3, -0.25) is 0 Å². The van der Waals surface area contributed by atoms with E-state index in [2.05, 4.69) is 20.3 Å². The molecule has 2 aliphatic rings. The molecule has 58 valence electrons. The number of aromatic nitrogens is 5. The summed E-state index contributed by atoms with van der Waals surface area (Å²) in [6, 6.07) is 1.90. The van der Waals surface area contributed by atoms with E-state index in [4.69, 9.17) is 0 Å². The molecule has 0 radical (unpaired) electrons. The molecular weight excluding hydrogens is 154 g/mol. The Balaban J connectivity index is 2.61. The van der Waals surface area contributed by atoms with Crippen LogP contribution in [-0.4, -0.2) is 24.8 Å². The van der Waals surface area contributed by atoms with Gasteiger partial charge in [0.15, 0.2) is 5.82 Å². The number of rotatable bonds is 0. The number of fused-ring (bicyclic) bond motifs is 3. The molecule has 1 aromatic rings. The Kier molecular flexibility index (Phi) is 0.864. The van der Waals surface area contributed by atoms with Crippen molar-refractivity contribution in [1.82, 2.24) is 24.8 Å². The number of hydrogen-bond donors (Lipinski definition) is 1. The molecule has 5 nitrogen and oxygen atoms in total. The second-order valence-electron chi connectivity index (χ2n) is 2.53. The van der Waals surface area contributed by atoms with Crippen LogP contribution < -0.4 is 0 Å². The number of nitrogens with zero attached hydrogens (tertiary/aromatic N) is 4. The van der Waals surface area contributed by atoms with Crippen LogP contribution in [0.1, 0.15) is 0 Å². The van der Waals surface area contributed by atoms with Gasteiger partial charge in [0.25, 0.3) is 0 Å². The minimum Gasteiger partial charge on any atom is -0.235 e. The molecule has 0 unspecified atom stereocenters. The molecule has 3 rings (SSSR count). The van der Waals surface area contributed by atoms with Crippen LogP contribution in [0.3, 0.4) is 0 Å². The van der Waals surface area contributed by atoms with Gasteiger partial charge in [0.05, 0.1) is 12.4 Å². The third-order valence-electron chi connectivity index (χ3n) is 1.83. The van der Waals surface area contributed by atoms with E-state index in [0.29, 0.717) is 0 Å². The second-order valence-corrected chi connectivity index (χ2v) is 2.53. The lowest BCUT2D eigenvalue weighted by molar-refractivity contribution is 0.854. The molecule has 2 aliphatic heterocycles. The second kappa shape index (κ2) is 1.82. The molecule has 0 atom stereocenters. The zero-order valence-corrected chi connectivity index (χ0v) is 6.10. The number of hydrogen-bond acceptors (Lipinski definition) is 3. The summed E-state index contributed by atoms with van der Waals surface area (Å²) in [6.45, 7) is 0. The van der Waals surface area contributed by atoms with Crippen molar-refractivity contribution in [3.63, 3.8) is 0 Å². The Morgan fingerprint density at radius 3 is 3.25 bits per heavy atom. The number of nitrogens with one attached hydrogen (secondary N) is 1. The summed E-state index contributed by atoms with van der Waals surface area (Å²) < 4.78 is 1.84. The van der Waals surface area contributed by atoms with E-state index in [9.17, 15) is 0 Å². The van der Waals surface area contributed by atoms with Crippen LogP contribution in [0.25, 0.3) is 17.0 Å². The molecule has 0 aromatic carbocycles. The summed E-state index contributed by atoms with van der Waals surface area (Å²) in [5, 5.41) is 6.74. The molecule has 3 heterocycles. The van der Waals surface area contributed by atoms with E-state index in [-0.39, 0.29) is 0 Å². The molecule has 0 aliphatic carbocycles. The smallest absolute Gasteiger partial charge is 0.178 e. The molecule has 1 N–H and O–H groups in total. The molecule has 0 spiro atoms. The van der Waals surface area contributed by atoms with Gasteiger partial charge in [-0.15, -0.1) is 0 Å². The highest BCUT2D eigenvalue weighted by Gasteiger charge is 2.08. The van der Waals surface area contributed by atoms with Crippen molar-refractivity contribution in [2.45, 2.75) is 0 Å². The standard InChI is InChI=1S/C7H5N5/c1-2-8-7-6(1)12-5(3-9-7)4-10-11-12/h1-4,11H. The first-order chi connectivity index (χ1) is 5.95. The van der Waals surface area contributed by atoms with Crippen LogP contribution in [0.15, 0.2) is 24.7 Å². The molecule has 12 heavy (non-hydrogen) atoms. The van der Waals surface area contributed by atoms with Gasteiger partial charge in [-0.05, 0) is 6.07 Å². The van der Waals surface area contributed by atoms with Gasteiger partial charge in [0.2, 0.25) is 0 Å². The zero-order valence-electron chi connectivity index (χ0n) is 6.10. The third-order valence-corrected chi connectivity index (χ3v) is 1.83. The van der Waals surface area contributed by atoms with E-state index in [1.165, 1.54) is 0 Å². The van der Waals surface area contributed by atoms with Crippen LogP contribution >= 0.6 is 0 Å².